The summed E-state index contributed by atoms with van der Waals surface area (Å²) in [6, 6.07) is 103. The summed E-state index contributed by atoms with van der Waals surface area (Å²) in [5.41, 5.74) is 12.2. The fourth-order valence-electron chi connectivity index (χ4n) is 11.9. The van der Waals surface area contributed by atoms with E-state index in [0.717, 1.165) is 100.0 Å². The van der Waals surface area contributed by atoms with Crippen LogP contribution in [0.5, 0.6) is 0 Å². The lowest BCUT2D eigenvalue weighted by molar-refractivity contribution is 0.669. The van der Waals surface area contributed by atoms with Crippen LogP contribution in [0.3, 0.4) is 0 Å². The molecule has 2 aromatic heterocycles. The van der Waals surface area contributed by atoms with Gasteiger partial charge in [-0.05, 0) is 145 Å². The predicted octanol–water partition coefficient (Wildman–Crippen LogP) is 25.9. The van der Waals surface area contributed by atoms with Gasteiger partial charge in [0.1, 0.15) is 22.3 Å². The van der Waals surface area contributed by atoms with Gasteiger partial charge in [-0.2, -0.15) is 0 Å². The molecule has 0 fully saturated rings. The fraction of sp³-hybridized carbons (Fsp3) is 0.0244. The summed E-state index contributed by atoms with van der Waals surface area (Å²) in [6.07, 6.45) is 0. The third kappa shape index (κ3) is 11.5. The van der Waals surface area contributed by atoms with Gasteiger partial charge in [0, 0.05) is 63.9 Å². The lowest BCUT2D eigenvalue weighted by Crippen LogP contribution is -2.14. The first-order chi connectivity index (χ1) is 47.2. The number of rotatable bonds is 11. The summed E-state index contributed by atoms with van der Waals surface area (Å²) in [4.78, 5) is 6.34. The van der Waals surface area contributed by atoms with Crippen LogP contribution in [0.2, 0.25) is 15.1 Å². The molecule has 91 heavy (non-hydrogen) atoms. The minimum absolute atomic E-state index is 0.179. The molecule has 9 heteroatoms. The summed E-state index contributed by atoms with van der Waals surface area (Å²) >= 11 is 20.8. The highest BCUT2D eigenvalue weighted by molar-refractivity contribution is 6.44. The van der Waals surface area contributed by atoms with Gasteiger partial charge in [-0.15, -0.1) is 0 Å². The molecule has 0 radical (unpaired) electrons. The molecule has 0 bridgehead atoms. The van der Waals surface area contributed by atoms with Crippen molar-refractivity contribution in [2.24, 2.45) is 0 Å². The van der Waals surface area contributed by atoms with Crippen molar-refractivity contribution in [1.29, 1.82) is 0 Å². The molecule has 16 rings (SSSR count). The van der Waals surface area contributed by atoms with Crippen LogP contribution in [-0.4, -0.2) is 0 Å². The lowest BCUT2D eigenvalue weighted by atomic mass is 10.0. The number of anilines is 11. The smallest absolute Gasteiger partial charge is 0.145 e. The Labute approximate surface area is 552 Å². The number of nitrogens with zero attached hydrogens (tertiary/aromatic N) is 3. The van der Waals surface area contributed by atoms with Crippen LogP contribution in [-0.2, 0) is 0 Å². The van der Waals surface area contributed by atoms with Crippen molar-refractivity contribution < 1.29 is 17.1 Å². The second-order valence-electron chi connectivity index (χ2n) is 21.6. The molecule has 0 atom stereocenters. The number of nitrogens with one attached hydrogen (secondary N) is 1. The lowest BCUT2D eigenvalue weighted by Gasteiger charge is -2.31. The molecule has 16 aromatic rings. The molecule has 14 aromatic carbocycles. The SMILES string of the molecule is [2H]C([2H])([2H])c1cccc2c1oc1c3ccccc3cc(N(c3ccccc3)c3cccc(Cl)c3Cl)c21.[2H]C([2H])([2H])c1cccc2c1oc1c3ccccc3cc(N(c3ccccc3)c3cccc(N(c4ccccc4)c4ccccc4)c3Cl)c21.c1ccc(Nc2ccccc2)cc1. The Morgan fingerprint density at radius 2 is 0.626 bits per heavy atom. The maximum atomic E-state index is 8.27. The van der Waals surface area contributed by atoms with Crippen LogP contribution in [0, 0.1) is 13.7 Å². The first-order valence-corrected chi connectivity index (χ1v) is 30.8. The highest BCUT2D eigenvalue weighted by Gasteiger charge is 2.28. The summed E-state index contributed by atoms with van der Waals surface area (Å²) in [5, 5.41) is 11.5. The van der Waals surface area contributed by atoms with E-state index in [1.165, 1.54) is 0 Å². The Morgan fingerprint density at radius 1 is 0.297 bits per heavy atom. The molecule has 0 aliphatic heterocycles. The number of furan rings is 2. The van der Waals surface area contributed by atoms with E-state index >= 15 is 0 Å². The number of halogens is 3. The summed E-state index contributed by atoms with van der Waals surface area (Å²) in [5.74, 6) is 0. The standard InChI is InChI=1S/C41H29ClN2O.C29H19Cl2NO.C12H11N/c1-28-15-13-24-34-38-37(27-29-16-11-12-23-33(29)41(38)45-40(28)34)44(32-21-9-4-10-22-32)36-26-14-25-35(39(36)42)43(30-17-5-2-6-18-30)31-19-7-3-8-20-31;1-18-9-7-14-22-26-25(17-19-10-5-6-13-21(19)29(26)33-28(18)22)32(20-11-3-2-4-12-20)24-16-8-15-23(30)27(24)31;1-3-7-11(8-4-1)13-12-9-5-2-6-10-12/h2-27H,1H3;2-17H,1H3;1-10,13H/i2*1D3;. The van der Waals surface area contributed by atoms with Crippen LogP contribution in [0.25, 0.3) is 65.4 Å². The second kappa shape index (κ2) is 25.8. The number of para-hydroxylation sites is 8. The normalized spacial score (nSPS) is 12.4. The van der Waals surface area contributed by atoms with E-state index in [0.29, 0.717) is 43.1 Å². The highest BCUT2D eigenvalue weighted by Crippen LogP contribution is 2.52. The largest absolute Gasteiger partial charge is 0.455 e. The van der Waals surface area contributed by atoms with Gasteiger partial charge in [-0.25, -0.2) is 0 Å². The van der Waals surface area contributed by atoms with Gasteiger partial charge in [0.15, 0.2) is 0 Å². The first kappa shape index (κ1) is 51.2. The molecule has 0 saturated heterocycles. The van der Waals surface area contributed by atoms with Crippen LogP contribution in [0.4, 0.5) is 62.6 Å². The molecule has 0 spiro atoms. The quantitative estimate of drug-likeness (QED) is 0.139. The Balaban J connectivity index is 0.000000144. The number of fused-ring (bicyclic) bond motifs is 10. The zero-order valence-corrected chi connectivity index (χ0v) is 51.1. The number of hydrogen-bond acceptors (Lipinski definition) is 6. The highest BCUT2D eigenvalue weighted by atomic mass is 35.5. The number of aryl methyl sites for hydroxylation is 2. The second-order valence-corrected chi connectivity index (χ2v) is 22.8. The molecule has 0 aliphatic carbocycles. The van der Waals surface area contributed by atoms with Crippen molar-refractivity contribution in [2.75, 3.05) is 20.0 Å². The maximum Gasteiger partial charge on any atom is 0.145 e. The van der Waals surface area contributed by atoms with E-state index in [9.17, 15) is 0 Å². The van der Waals surface area contributed by atoms with Crippen molar-refractivity contribution in [3.05, 3.63) is 342 Å². The minimum Gasteiger partial charge on any atom is -0.455 e. The van der Waals surface area contributed by atoms with Gasteiger partial charge in [-0.3, -0.25) is 0 Å². The van der Waals surface area contributed by atoms with Crippen LogP contribution >= 0.6 is 34.8 Å². The molecular weight excluding hydrogens is 1180 g/mol. The Hall–Kier alpha value is -10.7. The van der Waals surface area contributed by atoms with Crippen molar-refractivity contribution >= 4 is 163 Å². The van der Waals surface area contributed by atoms with Crippen LogP contribution in [0.1, 0.15) is 19.4 Å². The molecule has 2 heterocycles. The van der Waals surface area contributed by atoms with Gasteiger partial charge < -0.3 is 28.9 Å². The summed E-state index contributed by atoms with van der Waals surface area (Å²) in [7, 11) is 0. The van der Waals surface area contributed by atoms with E-state index in [1.807, 2.05) is 254 Å². The minimum atomic E-state index is -2.35. The summed E-state index contributed by atoms with van der Waals surface area (Å²) in [6.45, 7) is -4.67. The van der Waals surface area contributed by atoms with Crippen molar-refractivity contribution in [1.82, 2.24) is 0 Å². The zero-order valence-electron chi connectivity index (χ0n) is 54.8. The molecule has 0 aliphatic rings. The maximum absolute atomic E-state index is 8.27. The number of hydrogen-bond donors (Lipinski definition) is 1. The van der Waals surface area contributed by atoms with Crippen LogP contribution in [0.15, 0.2) is 324 Å². The van der Waals surface area contributed by atoms with E-state index in [4.69, 9.17) is 51.9 Å². The van der Waals surface area contributed by atoms with Gasteiger partial charge in [0.2, 0.25) is 0 Å². The molecule has 0 saturated carbocycles. The van der Waals surface area contributed by atoms with E-state index in [1.54, 1.807) is 30.3 Å². The van der Waals surface area contributed by atoms with Crippen LogP contribution < -0.4 is 20.0 Å². The predicted molar refractivity (Wildman–Crippen MR) is 387 cm³/mol. The monoisotopic (exact) mass is 1240 g/mol. The topological polar surface area (TPSA) is 48.0 Å². The van der Waals surface area contributed by atoms with Gasteiger partial charge >= 0.3 is 0 Å². The van der Waals surface area contributed by atoms with E-state index in [-0.39, 0.29) is 11.1 Å². The summed E-state index contributed by atoms with van der Waals surface area (Å²) < 4.78 is 62.0. The van der Waals surface area contributed by atoms with Crippen molar-refractivity contribution in [3.63, 3.8) is 0 Å². The van der Waals surface area contributed by atoms with Crippen molar-refractivity contribution in [2.45, 2.75) is 13.7 Å². The Bertz CT molecular complexity index is 5390. The van der Waals surface area contributed by atoms with E-state index < -0.39 is 13.7 Å². The zero-order chi connectivity index (χ0) is 66.8. The van der Waals surface area contributed by atoms with Gasteiger partial charge in [0.05, 0.1) is 54.3 Å². The average Bonchev–Trinajstić information content (AvgIpc) is 1.62. The average molecular weight is 1240 g/mol. The van der Waals surface area contributed by atoms with E-state index in [2.05, 4.69) is 51.5 Å². The van der Waals surface area contributed by atoms with Gasteiger partial charge in [0.25, 0.3) is 0 Å². The Kier molecular flexibility index (Phi) is 14.5. The molecular formula is C82H59Cl3N4O2. The van der Waals surface area contributed by atoms with Gasteiger partial charge in [-0.1, -0.05) is 241 Å². The molecule has 0 unspecified atom stereocenters. The first-order valence-electron chi connectivity index (χ1n) is 32.6. The van der Waals surface area contributed by atoms with Crippen molar-refractivity contribution in [3.8, 4) is 0 Å². The molecule has 6 nitrogen and oxygen atoms in total. The Morgan fingerprint density at radius 3 is 1.04 bits per heavy atom. The molecule has 1 N–H and O–H groups in total. The third-order valence-electron chi connectivity index (χ3n) is 15.9. The fourth-order valence-corrected chi connectivity index (χ4v) is 12.5. The number of benzene rings is 14. The molecule has 440 valence electrons. The molecule has 0 amide bonds. The third-order valence-corrected chi connectivity index (χ3v) is 17.1.